The van der Waals surface area contributed by atoms with Gasteiger partial charge >= 0.3 is 5.97 Å². The van der Waals surface area contributed by atoms with Crippen LogP contribution in [0.5, 0.6) is 0 Å². The van der Waals surface area contributed by atoms with E-state index >= 15 is 0 Å². The molecule has 0 aliphatic rings. The normalized spacial score (nSPS) is 10.8. The molecule has 1 aromatic carbocycles. The third-order valence-electron chi connectivity index (χ3n) is 4.30. The minimum absolute atomic E-state index is 0.363. The first-order valence-electron chi connectivity index (χ1n) is 9.43. The number of nitrogens with one attached hydrogen (secondary N) is 2. The third kappa shape index (κ3) is 4.40. The summed E-state index contributed by atoms with van der Waals surface area (Å²) in [4.78, 5) is 21.0. The van der Waals surface area contributed by atoms with Gasteiger partial charge in [0.1, 0.15) is 11.3 Å². The van der Waals surface area contributed by atoms with E-state index in [1.54, 1.807) is 12.1 Å². The van der Waals surface area contributed by atoms with Crippen LogP contribution in [0.15, 0.2) is 36.4 Å². The number of benzene rings is 1. The van der Waals surface area contributed by atoms with Crippen molar-refractivity contribution in [2.75, 3.05) is 30.8 Å². The molecule has 28 heavy (non-hydrogen) atoms. The molecule has 3 aromatic rings. The highest BCUT2D eigenvalue weighted by atomic mass is 16.5. The number of imidazole rings is 1. The lowest BCUT2D eigenvalue weighted by Gasteiger charge is -2.11. The van der Waals surface area contributed by atoms with E-state index in [2.05, 4.69) is 22.5 Å². The van der Waals surface area contributed by atoms with Gasteiger partial charge in [0.25, 0.3) is 0 Å². The van der Waals surface area contributed by atoms with Crippen LogP contribution in [0.4, 0.5) is 17.5 Å². The monoisotopic (exact) mass is 382 g/mol. The number of carbonyl (C=O) groups excluding carboxylic acids is 1. The van der Waals surface area contributed by atoms with Crippen LogP contribution in [0.2, 0.25) is 0 Å². The first kappa shape index (κ1) is 19.6. The number of aryl methyl sites for hydroxylation is 1. The Hall–Kier alpha value is -3.13. The second-order valence-corrected chi connectivity index (χ2v) is 6.39. The quantitative estimate of drug-likeness (QED) is 0.488. The van der Waals surface area contributed by atoms with E-state index in [0.717, 1.165) is 42.1 Å². The molecule has 0 amide bonds. The number of rotatable bonds is 9. The zero-order valence-electron chi connectivity index (χ0n) is 16.2. The van der Waals surface area contributed by atoms with Gasteiger partial charge in [-0.15, -0.1) is 0 Å². The number of nitrogens with zero attached hydrogens (tertiary/aromatic N) is 3. The van der Waals surface area contributed by atoms with E-state index in [1.807, 2.05) is 28.8 Å². The summed E-state index contributed by atoms with van der Waals surface area (Å²) in [6, 6.07) is 11.0. The molecule has 2 aromatic heterocycles. The van der Waals surface area contributed by atoms with Crippen LogP contribution >= 0.6 is 0 Å². The summed E-state index contributed by atoms with van der Waals surface area (Å²) >= 11 is 0. The summed E-state index contributed by atoms with van der Waals surface area (Å²) in [7, 11) is 1.37. The Bertz CT molecular complexity index is 936. The maximum absolute atomic E-state index is 11.6. The van der Waals surface area contributed by atoms with E-state index in [0.29, 0.717) is 24.6 Å². The Balaban J connectivity index is 1.91. The maximum Gasteiger partial charge on any atom is 0.337 e. The fourth-order valence-electron chi connectivity index (χ4n) is 2.85. The van der Waals surface area contributed by atoms with Crippen LogP contribution in [0.1, 0.15) is 30.1 Å². The van der Waals surface area contributed by atoms with Crippen LogP contribution in [-0.2, 0) is 11.3 Å². The number of hydrogen-bond acceptors (Lipinski definition) is 7. The Kier molecular flexibility index (Phi) is 6.44. The molecule has 0 radical (unpaired) electrons. The number of methoxy groups -OCH3 is 1. The number of nitrogens with two attached hydrogens (primary N) is 1. The van der Waals surface area contributed by atoms with Crippen LogP contribution in [0.3, 0.4) is 0 Å². The van der Waals surface area contributed by atoms with Crippen LogP contribution in [-0.4, -0.2) is 40.7 Å². The lowest BCUT2D eigenvalue weighted by molar-refractivity contribution is 0.0601. The molecule has 0 spiro atoms. The van der Waals surface area contributed by atoms with Crippen LogP contribution in [0, 0.1) is 0 Å². The average Bonchev–Trinajstić information content (AvgIpc) is 3.06. The highest BCUT2D eigenvalue weighted by Crippen LogP contribution is 2.24. The Morgan fingerprint density at radius 1 is 1.18 bits per heavy atom. The molecule has 0 unspecified atom stereocenters. The second-order valence-electron chi connectivity index (χ2n) is 6.39. The van der Waals surface area contributed by atoms with Gasteiger partial charge in [0.05, 0.1) is 12.7 Å². The van der Waals surface area contributed by atoms with Gasteiger partial charge in [-0.3, -0.25) is 4.57 Å². The van der Waals surface area contributed by atoms with Crippen molar-refractivity contribution in [1.82, 2.24) is 14.5 Å². The van der Waals surface area contributed by atoms with E-state index in [9.17, 15) is 4.79 Å². The summed E-state index contributed by atoms with van der Waals surface area (Å²) in [5, 5.41) is 6.63. The second kappa shape index (κ2) is 9.18. The van der Waals surface area contributed by atoms with Gasteiger partial charge in [-0.05, 0) is 55.8 Å². The standard InChI is InChI=1S/C20H26N6O2/c1-3-12-22-17-10-9-16-18(25-17)26(13-4-11-21)20(24-16)23-15-7-5-14(6-8-15)19(27)28-2/h5-10H,3-4,11-13,21H2,1-2H3,(H,22,25)(H,23,24). The molecule has 2 heterocycles. The number of anilines is 3. The maximum atomic E-state index is 11.6. The smallest absolute Gasteiger partial charge is 0.337 e. The fourth-order valence-corrected chi connectivity index (χ4v) is 2.85. The van der Waals surface area contributed by atoms with Crippen molar-refractivity contribution in [3.05, 3.63) is 42.0 Å². The van der Waals surface area contributed by atoms with E-state index in [-0.39, 0.29) is 5.97 Å². The van der Waals surface area contributed by atoms with Crippen molar-refractivity contribution in [2.24, 2.45) is 5.73 Å². The summed E-state index contributed by atoms with van der Waals surface area (Å²) in [6.07, 6.45) is 1.84. The molecule has 8 nitrogen and oxygen atoms in total. The highest BCUT2D eigenvalue weighted by molar-refractivity contribution is 5.89. The minimum Gasteiger partial charge on any atom is -0.465 e. The molecule has 0 bridgehead atoms. The molecule has 8 heteroatoms. The molecule has 0 aliphatic carbocycles. The molecule has 0 aliphatic heterocycles. The van der Waals surface area contributed by atoms with Gasteiger partial charge in [0.2, 0.25) is 5.95 Å². The van der Waals surface area contributed by atoms with Crippen molar-refractivity contribution < 1.29 is 9.53 Å². The fraction of sp³-hybridized carbons (Fsp3) is 0.350. The lowest BCUT2D eigenvalue weighted by atomic mass is 10.2. The Morgan fingerprint density at radius 2 is 1.96 bits per heavy atom. The predicted molar refractivity (Wildman–Crippen MR) is 111 cm³/mol. The molecular formula is C20H26N6O2. The Labute approximate surface area is 164 Å². The summed E-state index contributed by atoms with van der Waals surface area (Å²) in [6.45, 7) is 4.28. The molecule has 4 N–H and O–H groups in total. The number of esters is 1. The van der Waals surface area contributed by atoms with Crippen molar-refractivity contribution in [3.63, 3.8) is 0 Å². The number of carbonyl (C=O) groups is 1. The summed E-state index contributed by atoms with van der Waals surface area (Å²) in [5.74, 6) is 1.16. The van der Waals surface area contributed by atoms with Crippen LogP contribution in [0.25, 0.3) is 11.2 Å². The number of hydrogen-bond donors (Lipinski definition) is 3. The number of pyridine rings is 1. The Morgan fingerprint density at radius 3 is 2.64 bits per heavy atom. The van der Waals surface area contributed by atoms with Gasteiger partial charge in [0, 0.05) is 18.8 Å². The zero-order chi connectivity index (χ0) is 19.9. The third-order valence-corrected chi connectivity index (χ3v) is 4.30. The van der Waals surface area contributed by atoms with E-state index in [4.69, 9.17) is 15.5 Å². The number of ether oxygens (including phenoxy) is 1. The molecule has 0 fully saturated rings. The van der Waals surface area contributed by atoms with Gasteiger partial charge in [-0.2, -0.15) is 0 Å². The topological polar surface area (TPSA) is 107 Å². The SMILES string of the molecule is CCCNc1ccc2nc(Nc3ccc(C(=O)OC)cc3)n(CCCN)c2n1. The summed E-state index contributed by atoms with van der Waals surface area (Å²) < 4.78 is 6.77. The van der Waals surface area contributed by atoms with E-state index < -0.39 is 0 Å². The molecular weight excluding hydrogens is 356 g/mol. The molecule has 3 rings (SSSR count). The zero-order valence-corrected chi connectivity index (χ0v) is 16.2. The van der Waals surface area contributed by atoms with Crippen molar-refractivity contribution in [1.29, 1.82) is 0 Å². The van der Waals surface area contributed by atoms with Crippen molar-refractivity contribution in [2.45, 2.75) is 26.3 Å². The first-order valence-corrected chi connectivity index (χ1v) is 9.43. The molecule has 148 valence electrons. The van der Waals surface area contributed by atoms with Crippen molar-refractivity contribution in [3.8, 4) is 0 Å². The molecule has 0 saturated carbocycles. The van der Waals surface area contributed by atoms with Gasteiger partial charge in [-0.1, -0.05) is 6.92 Å². The number of aromatic nitrogens is 3. The predicted octanol–water partition coefficient (Wildman–Crippen LogP) is 3.13. The first-order chi connectivity index (χ1) is 13.7. The molecule has 0 atom stereocenters. The van der Waals surface area contributed by atoms with Gasteiger partial charge in [-0.25, -0.2) is 14.8 Å². The minimum atomic E-state index is -0.363. The molecule has 0 saturated heterocycles. The van der Waals surface area contributed by atoms with Crippen molar-refractivity contribution >= 4 is 34.6 Å². The average molecular weight is 382 g/mol. The van der Waals surface area contributed by atoms with E-state index in [1.165, 1.54) is 7.11 Å². The largest absolute Gasteiger partial charge is 0.465 e. The highest BCUT2D eigenvalue weighted by Gasteiger charge is 2.13. The summed E-state index contributed by atoms with van der Waals surface area (Å²) in [5.41, 5.74) is 8.65. The van der Waals surface area contributed by atoms with Gasteiger partial charge < -0.3 is 21.1 Å². The van der Waals surface area contributed by atoms with Gasteiger partial charge in [0.15, 0.2) is 5.65 Å². The van der Waals surface area contributed by atoms with Crippen LogP contribution < -0.4 is 16.4 Å². The number of fused-ring (bicyclic) bond motifs is 1. The lowest BCUT2D eigenvalue weighted by Crippen LogP contribution is -2.10.